The van der Waals surface area contributed by atoms with Gasteiger partial charge in [0.05, 0.1) is 12.0 Å². The maximum Gasteiger partial charge on any atom is 0.294 e. The van der Waals surface area contributed by atoms with E-state index in [1.807, 2.05) is 72.3 Å². The van der Waals surface area contributed by atoms with Crippen LogP contribution >= 0.6 is 11.8 Å². The number of hydrogen-bond acceptors (Lipinski definition) is 5. The van der Waals surface area contributed by atoms with E-state index in [-0.39, 0.29) is 11.4 Å². The van der Waals surface area contributed by atoms with Gasteiger partial charge in [-0.05, 0) is 78.9 Å². The molecular weight excluding hydrogens is 426 g/mol. The molecule has 1 aliphatic heterocycles. The molecule has 7 nitrogen and oxygen atoms in total. The summed E-state index contributed by atoms with van der Waals surface area (Å²) in [5.41, 5.74) is 3.25. The molecule has 8 heteroatoms. The Bertz CT molecular complexity index is 1210. The smallest absolute Gasteiger partial charge is 0.294 e. The second-order valence-electron chi connectivity index (χ2n) is 7.19. The number of ether oxygens (including phenoxy) is 1. The Morgan fingerprint density at radius 1 is 1.09 bits per heavy atom. The molecule has 0 unspecified atom stereocenters. The summed E-state index contributed by atoms with van der Waals surface area (Å²) < 4.78 is 7.09. The summed E-state index contributed by atoms with van der Waals surface area (Å²) in [4.78, 5) is 38.9. The van der Waals surface area contributed by atoms with Crippen LogP contribution in [-0.4, -0.2) is 40.2 Å². The van der Waals surface area contributed by atoms with Crippen LogP contribution in [0.5, 0.6) is 5.75 Å². The van der Waals surface area contributed by atoms with E-state index in [0.717, 1.165) is 39.4 Å². The van der Waals surface area contributed by atoms with Crippen molar-refractivity contribution in [2.24, 2.45) is 0 Å². The van der Waals surface area contributed by atoms with E-state index in [4.69, 9.17) is 4.74 Å². The number of amides is 3. The van der Waals surface area contributed by atoms with Crippen molar-refractivity contribution in [3.63, 3.8) is 0 Å². The highest BCUT2D eigenvalue weighted by Gasteiger charge is 2.36. The van der Waals surface area contributed by atoms with Crippen LogP contribution in [0.2, 0.25) is 0 Å². The van der Waals surface area contributed by atoms with Crippen LogP contribution in [0.4, 0.5) is 10.5 Å². The van der Waals surface area contributed by atoms with Gasteiger partial charge in [-0.1, -0.05) is 12.1 Å². The lowest BCUT2D eigenvalue weighted by atomic mass is 10.2. The molecule has 3 aromatic rings. The maximum absolute atomic E-state index is 12.8. The summed E-state index contributed by atoms with van der Waals surface area (Å²) in [5.74, 6) is -0.171. The molecule has 0 spiro atoms. The van der Waals surface area contributed by atoms with Crippen LogP contribution in [0.25, 0.3) is 11.8 Å². The number of carbonyl (C=O) groups excluding carboxylic acids is 3. The van der Waals surface area contributed by atoms with Crippen molar-refractivity contribution in [3.8, 4) is 11.4 Å². The molecular formula is C24H21N3O4S. The molecule has 1 aromatic heterocycles. The zero-order chi connectivity index (χ0) is 22.7. The van der Waals surface area contributed by atoms with E-state index in [1.165, 1.54) is 0 Å². The van der Waals surface area contributed by atoms with Crippen LogP contribution in [0.3, 0.4) is 0 Å². The molecule has 3 amide bonds. The molecule has 1 N–H and O–H groups in total. The summed E-state index contributed by atoms with van der Waals surface area (Å²) in [7, 11) is 1.60. The fourth-order valence-electron chi connectivity index (χ4n) is 3.33. The molecule has 1 fully saturated rings. The first-order chi connectivity index (χ1) is 15.4. The fraction of sp³-hybridized carbons (Fsp3) is 0.125. The fourth-order valence-corrected chi connectivity index (χ4v) is 4.15. The number of imide groups is 1. The Morgan fingerprint density at radius 3 is 2.59 bits per heavy atom. The van der Waals surface area contributed by atoms with Gasteiger partial charge in [0.2, 0.25) is 5.91 Å². The van der Waals surface area contributed by atoms with Crippen LogP contribution in [0, 0.1) is 6.92 Å². The molecule has 162 valence electrons. The molecule has 1 aliphatic rings. The summed E-state index contributed by atoms with van der Waals surface area (Å²) >= 11 is 0.826. The van der Waals surface area contributed by atoms with Crippen LogP contribution in [-0.2, 0) is 9.59 Å². The third-order valence-electron chi connectivity index (χ3n) is 4.89. The Balaban J connectivity index is 1.49. The topological polar surface area (TPSA) is 80.6 Å². The van der Waals surface area contributed by atoms with Gasteiger partial charge in [0.15, 0.2) is 0 Å². The van der Waals surface area contributed by atoms with Gasteiger partial charge in [-0.3, -0.25) is 19.3 Å². The molecule has 0 bridgehead atoms. The van der Waals surface area contributed by atoms with Gasteiger partial charge in [0.1, 0.15) is 12.3 Å². The number of aromatic nitrogens is 1. The first kappa shape index (κ1) is 21.5. The highest BCUT2D eigenvalue weighted by atomic mass is 32.2. The third-order valence-corrected chi connectivity index (χ3v) is 5.79. The lowest BCUT2D eigenvalue weighted by Crippen LogP contribution is -2.36. The van der Waals surface area contributed by atoms with E-state index in [9.17, 15) is 14.4 Å². The van der Waals surface area contributed by atoms with Crippen molar-refractivity contribution >= 4 is 40.6 Å². The zero-order valence-electron chi connectivity index (χ0n) is 17.6. The van der Waals surface area contributed by atoms with Gasteiger partial charge in [-0.15, -0.1) is 0 Å². The van der Waals surface area contributed by atoms with E-state index in [2.05, 4.69) is 5.32 Å². The summed E-state index contributed by atoms with van der Waals surface area (Å²) in [6.07, 6.45) is 3.53. The first-order valence-corrected chi connectivity index (χ1v) is 10.7. The highest BCUT2D eigenvalue weighted by molar-refractivity contribution is 8.18. The molecule has 32 heavy (non-hydrogen) atoms. The number of rotatable bonds is 6. The van der Waals surface area contributed by atoms with Crippen LogP contribution in [0.15, 0.2) is 71.8 Å². The van der Waals surface area contributed by atoms with Gasteiger partial charge in [0, 0.05) is 23.3 Å². The minimum atomic E-state index is -0.484. The monoisotopic (exact) mass is 447 g/mol. The lowest BCUT2D eigenvalue weighted by Gasteiger charge is -2.12. The van der Waals surface area contributed by atoms with Gasteiger partial charge < -0.3 is 14.6 Å². The number of hydrogen-bond donors (Lipinski definition) is 1. The molecule has 0 atom stereocenters. The van der Waals surface area contributed by atoms with Crippen molar-refractivity contribution in [3.05, 3.63) is 83.0 Å². The molecule has 0 radical (unpaired) electrons. The molecule has 0 saturated carbocycles. The Hall–Kier alpha value is -3.78. The molecule has 0 aliphatic carbocycles. The summed E-state index contributed by atoms with van der Waals surface area (Å²) in [6, 6.07) is 18.5. The number of nitrogens with one attached hydrogen (secondary N) is 1. The van der Waals surface area contributed by atoms with E-state index >= 15 is 0 Å². The standard InChI is InChI=1S/C24H21N3O4S/c1-16-5-3-6-17(13-16)25-22(28)15-27-23(29)21(32-24(27)30)14-19-7-4-12-26(19)18-8-10-20(31-2)11-9-18/h3-14H,15H2,1-2H3,(H,25,28)/b21-14+. The Morgan fingerprint density at radius 2 is 1.88 bits per heavy atom. The van der Waals surface area contributed by atoms with E-state index in [1.54, 1.807) is 19.3 Å². The second kappa shape index (κ2) is 9.15. The number of methoxy groups -OCH3 is 1. The first-order valence-electron chi connectivity index (χ1n) is 9.88. The van der Waals surface area contributed by atoms with Crippen molar-refractivity contribution < 1.29 is 19.1 Å². The largest absolute Gasteiger partial charge is 0.497 e. The Kier molecular flexibility index (Phi) is 6.13. The van der Waals surface area contributed by atoms with E-state index in [0.29, 0.717) is 5.69 Å². The maximum atomic E-state index is 12.8. The summed E-state index contributed by atoms with van der Waals surface area (Å²) in [5, 5.41) is 2.25. The van der Waals surface area contributed by atoms with Gasteiger partial charge in [-0.2, -0.15) is 0 Å². The zero-order valence-corrected chi connectivity index (χ0v) is 18.4. The normalized spacial score (nSPS) is 14.8. The third kappa shape index (κ3) is 4.60. The predicted octanol–water partition coefficient (Wildman–Crippen LogP) is 4.47. The number of aryl methyl sites for hydroxylation is 1. The number of nitrogens with zero attached hydrogens (tertiary/aromatic N) is 2. The Labute approximate surface area is 189 Å². The quantitative estimate of drug-likeness (QED) is 0.564. The molecule has 2 aromatic carbocycles. The average Bonchev–Trinajstić information content (AvgIpc) is 3.34. The van der Waals surface area contributed by atoms with Gasteiger partial charge >= 0.3 is 0 Å². The van der Waals surface area contributed by atoms with Crippen molar-refractivity contribution in [2.75, 3.05) is 19.0 Å². The van der Waals surface area contributed by atoms with E-state index < -0.39 is 17.1 Å². The SMILES string of the molecule is COc1ccc(-n2cccc2/C=C2/SC(=O)N(CC(=O)Nc3cccc(C)c3)C2=O)cc1. The van der Waals surface area contributed by atoms with Crippen molar-refractivity contribution in [1.82, 2.24) is 9.47 Å². The van der Waals surface area contributed by atoms with Crippen molar-refractivity contribution in [2.45, 2.75) is 6.92 Å². The van der Waals surface area contributed by atoms with Gasteiger partial charge in [-0.25, -0.2) is 0 Å². The number of thioether (sulfide) groups is 1. The van der Waals surface area contributed by atoms with Crippen LogP contribution in [0.1, 0.15) is 11.3 Å². The summed E-state index contributed by atoms with van der Waals surface area (Å²) in [6.45, 7) is 1.58. The molecule has 4 rings (SSSR count). The number of benzene rings is 2. The van der Waals surface area contributed by atoms with Crippen LogP contribution < -0.4 is 10.1 Å². The predicted molar refractivity (Wildman–Crippen MR) is 125 cm³/mol. The minimum Gasteiger partial charge on any atom is -0.497 e. The molecule has 2 heterocycles. The number of anilines is 1. The van der Waals surface area contributed by atoms with Gasteiger partial charge in [0.25, 0.3) is 11.1 Å². The molecule has 1 saturated heterocycles. The number of carbonyl (C=O) groups is 3. The highest BCUT2D eigenvalue weighted by Crippen LogP contribution is 2.32. The second-order valence-corrected chi connectivity index (χ2v) is 8.18. The minimum absolute atomic E-state index is 0.270. The average molecular weight is 448 g/mol. The van der Waals surface area contributed by atoms with Crippen molar-refractivity contribution in [1.29, 1.82) is 0 Å². The lowest BCUT2D eigenvalue weighted by molar-refractivity contribution is -0.127.